The van der Waals surface area contributed by atoms with Gasteiger partial charge in [0.25, 0.3) is 0 Å². The zero-order valence-corrected chi connectivity index (χ0v) is 40.6. The van der Waals surface area contributed by atoms with Gasteiger partial charge in [0.05, 0.1) is 18.8 Å². The van der Waals surface area contributed by atoms with E-state index in [-0.39, 0.29) is 30.9 Å². The topological polar surface area (TPSA) is 253 Å². The Kier molecular flexibility index (Phi) is 18.1. The van der Waals surface area contributed by atoms with E-state index in [0.29, 0.717) is 30.1 Å². The van der Waals surface area contributed by atoms with Gasteiger partial charge in [0.1, 0.15) is 42.5 Å². The minimum atomic E-state index is -1.63. The van der Waals surface area contributed by atoms with Crippen LogP contribution in [0.5, 0.6) is 0 Å². The average Bonchev–Trinajstić information content (AvgIpc) is 3.60. The molecule has 5 aliphatic rings. The number of nitrogens with two attached hydrogens (primary N) is 2. The summed E-state index contributed by atoms with van der Waals surface area (Å²) in [4.78, 5) is 66.3. The third-order valence-corrected chi connectivity index (χ3v) is 16.5. The van der Waals surface area contributed by atoms with Crippen LogP contribution in [0.1, 0.15) is 146 Å². The second-order valence-electron chi connectivity index (χ2n) is 21.5. The van der Waals surface area contributed by atoms with Crippen LogP contribution in [0.3, 0.4) is 0 Å². The van der Waals surface area contributed by atoms with Gasteiger partial charge in [-0.15, -0.1) is 0 Å². The van der Waals surface area contributed by atoms with E-state index < -0.39 is 91.1 Å². The Morgan fingerprint density at radius 3 is 2.31 bits per heavy atom. The number of primary amides is 1. The first-order valence-corrected chi connectivity index (χ1v) is 24.6. The first-order chi connectivity index (χ1) is 30.5. The van der Waals surface area contributed by atoms with Crippen molar-refractivity contribution in [3.8, 4) is 0 Å². The molecule has 16 heteroatoms. The zero-order valence-electron chi connectivity index (χ0n) is 40.6. The van der Waals surface area contributed by atoms with E-state index in [9.17, 15) is 39.3 Å². The molecule has 65 heavy (non-hydrogen) atoms. The molecule has 0 radical (unpaired) electrons. The van der Waals surface area contributed by atoms with Gasteiger partial charge in [-0.3, -0.25) is 19.2 Å². The molecule has 3 saturated carbocycles. The Hall–Kier alpha value is -3.15. The molecule has 1 heterocycles. The molecule has 16 nitrogen and oxygen atoms in total. The van der Waals surface area contributed by atoms with Gasteiger partial charge in [-0.05, 0) is 118 Å². The van der Waals surface area contributed by atoms with Crippen molar-refractivity contribution in [1.29, 1.82) is 0 Å². The van der Waals surface area contributed by atoms with Crippen molar-refractivity contribution in [3.05, 3.63) is 11.6 Å². The van der Waals surface area contributed by atoms with Gasteiger partial charge in [-0.25, -0.2) is 4.79 Å². The summed E-state index contributed by atoms with van der Waals surface area (Å²) < 4.78 is 17.8. The largest absolute Gasteiger partial charge is 0.461 e. The first-order valence-electron chi connectivity index (χ1n) is 24.6. The fourth-order valence-corrected chi connectivity index (χ4v) is 12.8. The highest BCUT2D eigenvalue weighted by molar-refractivity contribution is 5.89. The Bertz CT molecular complexity index is 1710. The van der Waals surface area contributed by atoms with Gasteiger partial charge in [0.15, 0.2) is 6.29 Å². The van der Waals surface area contributed by atoms with E-state index in [1.54, 1.807) is 13.8 Å². The third-order valence-electron chi connectivity index (χ3n) is 16.5. The van der Waals surface area contributed by atoms with Crippen LogP contribution < -0.4 is 22.1 Å². The summed E-state index contributed by atoms with van der Waals surface area (Å²) in [6.07, 6.45) is 7.41. The molecular weight excluding hydrogens is 835 g/mol. The number of allylic oxidation sites excluding steroid dienone is 1. The molecule has 0 spiro atoms. The number of hydrogen-bond acceptors (Lipinski definition) is 12. The maximum atomic E-state index is 14.2. The number of carbonyl (C=O) groups is 5. The Labute approximate surface area is 387 Å². The standard InChI is InChI=1S/C49H83N5O11/c1-26(2)11-10-12-27(3)35-15-16-36-34-14-13-32-23-33(19-21-48(32,8)37(34)20-22-49(35,36)9)64-46(61)30(6)54(40(57)18-17-38(44(51)59)53-45(60)29(5)50)24-28(4)63-43-41(52-31(7)56)47(62)65-39(25-55)42(43)58/h13,26-30,33-39,41-43,47,55,58,62H,10-12,14-25,50H2,1-9H3,(H2,51,59)(H,52,56)(H,53,60)/t27-,28?,29+,30+,33?,34?,35-,36?,37?,38-,39-,41-,42-,43-,47+,48+,49-/m1/s1. The highest BCUT2D eigenvalue weighted by Crippen LogP contribution is 2.67. The molecule has 9 N–H and O–H groups in total. The summed E-state index contributed by atoms with van der Waals surface area (Å²) in [5, 5.41) is 36.6. The molecular formula is C49H83N5O11. The molecule has 1 aliphatic heterocycles. The molecule has 0 aromatic rings. The van der Waals surface area contributed by atoms with Gasteiger partial charge < -0.3 is 56.5 Å². The first kappa shape index (κ1) is 52.8. The molecule has 17 atom stereocenters. The normalized spacial score (nSPS) is 35.5. The van der Waals surface area contributed by atoms with E-state index in [2.05, 4.69) is 51.3 Å². The average molecular weight is 918 g/mol. The monoisotopic (exact) mass is 918 g/mol. The van der Waals surface area contributed by atoms with Crippen molar-refractivity contribution in [2.45, 2.75) is 207 Å². The lowest BCUT2D eigenvalue weighted by Gasteiger charge is -2.58. The van der Waals surface area contributed by atoms with Crippen LogP contribution in [0.2, 0.25) is 0 Å². The van der Waals surface area contributed by atoms with Crippen LogP contribution in [0.4, 0.5) is 0 Å². The number of aliphatic hydroxyl groups excluding tert-OH is 3. The van der Waals surface area contributed by atoms with Gasteiger partial charge in [-0.1, -0.05) is 65.5 Å². The maximum absolute atomic E-state index is 14.2. The van der Waals surface area contributed by atoms with E-state index in [1.165, 1.54) is 69.3 Å². The fourth-order valence-electron chi connectivity index (χ4n) is 12.8. The zero-order chi connectivity index (χ0) is 48.1. The van der Waals surface area contributed by atoms with Crippen LogP contribution in [-0.2, 0) is 38.2 Å². The lowest BCUT2D eigenvalue weighted by atomic mass is 9.47. The lowest BCUT2D eigenvalue weighted by Crippen LogP contribution is -2.65. The van der Waals surface area contributed by atoms with Crippen molar-refractivity contribution in [1.82, 2.24) is 15.5 Å². The summed E-state index contributed by atoms with van der Waals surface area (Å²) in [5.74, 6) is 1.06. The van der Waals surface area contributed by atoms with Crippen molar-refractivity contribution >= 4 is 29.6 Å². The molecule has 5 rings (SSSR count). The number of fused-ring (bicyclic) bond motifs is 5. The van der Waals surface area contributed by atoms with E-state index in [4.69, 9.17) is 25.7 Å². The molecule has 0 bridgehead atoms. The summed E-state index contributed by atoms with van der Waals surface area (Å²) >= 11 is 0. The van der Waals surface area contributed by atoms with Crippen LogP contribution in [0.15, 0.2) is 11.6 Å². The van der Waals surface area contributed by atoms with Crippen molar-refractivity contribution in [2.75, 3.05) is 13.2 Å². The number of ether oxygens (including phenoxy) is 3. The Morgan fingerprint density at radius 1 is 0.969 bits per heavy atom. The number of aliphatic hydroxyl groups is 3. The number of rotatable bonds is 20. The van der Waals surface area contributed by atoms with Crippen LogP contribution >= 0.6 is 0 Å². The minimum Gasteiger partial charge on any atom is -0.461 e. The number of esters is 1. The van der Waals surface area contributed by atoms with Crippen LogP contribution in [0, 0.1) is 46.3 Å². The molecule has 0 aromatic carbocycles. The number of carbonyl (C=O) groups excluding carboxylic acids is 5. The highest BCUT2D eigenvalue weighted by atomic mass is 16.6. The summed E-state index contributed by atoms with van der Waals surface area (Å²) in [6.45, 7) is 17.1. The SMILES string of the molecule is CC(=O)N[C@@H]1[C@@H](OC(C)CN(C(=O)CC[C@@H](NC(=O)[C@H](C)N)C(N)=O)[C@@H](C)C(=O)OC2CC[C@@]3(C)C(=CCC4C3CC[C@@]3(C)C4CC[C@@H]3[C@H](C)CCCC(C)C)C2)[C@H](O)[C@@H](CO)O[C@@H]1O. The summed E-state index contributed by atoms with van der Waals surface area (Å²) in [7, 11) is 0. The molecule has 4 aliphatic carbocycles. The predicted molar refractivity (Wildman–Crippen MR) is 244 cm³/mol. The van der Waals surface area contributed by atoms with Crippen LogP contribution in [0.25, 0.3) is 0 Å². The predicted octanol–water partition coefficient (Wildman–Crippen LogP) is 3.60. The van der Waals surface area contributed by atoms with E-state index >= 15 is 0 Å². The molecule has 4 amide bonds. The van der Waals surface area contributed by atoms with Gasteiger partial charge in [0, 0.05) is 26.3 Å². The van der Waals surface area contributed by atoms with Crippen molar-refractivity contribution in [3.63, 3.8) is 0 Å². The molecule has 5 unspecified atom stereocenters. The molecule has 4 fully saturated rings. The Balaban J connectivity index is 1.29. The number of nitrogens with zero attached hydrogens (tertiary/aromatic N) is 1. The number of hydrogen-bond donors (Lipinski definition) is 7. The van der Waals surface area contributed by atoms with E-state index in [1.807, 2.05) is 0 Å². The lowest BCUT2D eigenvalue weighted by molar-refractivity contribution is -0.268. The van der Waals surface area contributed by atoms with Gasteiger partial charge in [-0.2, -0.15) is 0 Å². The van der Waals surface area contributed by atoms with Crippen LogP contribution in [-0.4, -0.2) is 124 Å². The third kappa shape index (κ3) is 12.1. The van der Waals surface area contributed by atoms with Crippen molar-refractivity contribution < 1.29 is 53.5 Å². The van der Waals surface area contributed by atoms with E-state index in [0.717, 1.165) is 36.5 Å². The summed E-state index contributed by atoms with van der Waals surface area (Å²) in [6, 6.07) is -4.49. The minimum absolute atomic E-state index is 0.0367. The highest BCUT2D eigenvalue weighted by Gasteiger charge is 2.59. The smallest absolute Gasteiger partial charge is 0.328 e. The quantitative estimate of drug-likeness (QED) is 0.0684. The van der Waals surface area contributed by atoms with Gasteiger partial charge in [0.2, 0.25) is 23.6 Å². The van der Waals surface area contributed by atoms with Crippen molar-refractivity contribution in [2.24, 2.45) is 57.8 Å². The summed E-state index contributed by atoms with van der Waals surface area (Å²) in [5.41, 5.74) is 13.0. The second-order valence-corrected chi connectivity index (χ2v) is 21.5. The molecule has 0 aromatic heterocycles. The molecule has 370 valence electrons. The maximum Gasteiger partial charge on any atom is 0.328 e. The second kappa shape index (κ2) is 22.3. The molecule has 1 saturated heterocycles. The fraction of sp³-hybridized carbons (Fsp3) is 0.857. The number of amides is 4. The number of nitrogens with one attached hydrogen (secondary N) is 2. The Morgan fingerprint density at radius 2 is 1.68 bits per heavy atom. The van der Waals surface area contributed by atoms with Gasteiger partial charge >= 0.3 is 5.97 Å².